The average Bonchev–Trinajstić information content (AvgIpc) is 3.09. The van der Waals surface area contributed by atoms with Crippen LogP contribution < -0.4 is 4.74 Å². The van der Waals surface area contributed by atoms with E-state index >= 15 is 0 Å². The van der Waals surface area contributed by atoms with Gasteiger partial charge in [0.2, 0.25) is 11.7 Å². The summed E-state index contributed by atoms with van der Waals surface area (Å²) in [4.78, 5) is 9.37. The molecule has 164 valence electrons. The van der Waals surface area contributed by atoms with Gasteiger partial charge in [0.05, 0.1) is 12.1 Å². The zero-order valence-electron chi connectivity index (χ0n) is 17.3. The first-order valence-electron chi connectivity index (χ1n) is 11.0. The zero-order chi connectivity index (χ0) is 20.8. The third kappa shape index (κ3) is 5.76. The summed E-state index contributed by atoms with van der Waals surface area (Å²) >= 11 is 0. The Morgan fingerprint density at radius 2 is 1.77 bits per heavy atom. The molecule has 4 rings (SSSR count). The van der Waals surface area contributed by atoms with Crippen LogP contribution in [0.25, 0.3) is 11.4 Å². The highest BCUT2D eigenvalue weighted by Gasteiger charge is 2.22. The van der Waals surface area contributed by atoms with Crippen molar-refractivity contribution in [3.8, 4) is 17.1 Å². The van der Waals surface area contributed by atoms with Gasteiger partial charge in [-0.25, -0.2) is 0 Å². The fourth-order valence-corrected chi connectivity index (χ4v) is 4.57. The van der Waals surface area contributed by atoms with Crippen molar-refractivity contribution >= 4 is 0 Å². The van der Waals surface area contributed by atoms with Crippen LogP contribution in [0.2, 0.25) is 0 Å². The van der Waals surface area contributed by atoms with Crippen LogP contribution in [0.1, 0.15) is 44.4 Å². The molecule has 30 heavy (non-hydrogen) atoms. The highest BCUT2D eigenvalue weighted by atomic mass is 19.3. The molecule has 1 aliphatic carbocycles. The van der Waals surface area contributed by atoms with Gasteiger partial charge in [0, 0.05) is 19.6 Å². The molecule has 2 aromatic rings. The Bertz CT molecular complexity index is 795. The Morgan fingerprint density at radius 1 is 1.00 bits per heavy atom. The van der Waals surface area contributed by atoms with E-state index in [0.717, 1.165) is 38.5 Å². The smallest absolute Gasteiger partial charge is 0.387 e. The molecule has 2 aliphatic rings. The van der Waals surface area contributed by atoms with E-state index in [0.29, 0.717) is 18.0 Å². The molecular formula is C22H30F2N4O2. The number of halogens is 2. The summed E-state index contributed by atoms with van der Waals surface area (Å²) in [6.45, 7) is 3.05. The van der Waals surface area contributed by atoms with Crippen LogP contribution in [0.15, 0.2) is 28.8 Å². The molecule has 0 spiro atoms. The number of hydrogen-bond acceptors (Lipinski definition) is 6. The van der Waals surface area contributed by atoms with E-state index in [9.17, 15) is 8.78 Å². The highest BCUT2D eigenvalue weighted by Crippen LogP contribution is 2.29. The SMILES string of the molecule is FC(F)Oc1ccccc1-c1noc(CN2CCCN(CC3CCCCC3)CC2)n1. The summed E-state index contributed by atoms with van der Waals surface area (Å²) in [7, 11) is 0. The molecule has 1 aromatic heterocycles. The number of aromatic nitrogens is 2. The molecule has 0 bridgehead atoms. The van der Waals surface area contributed by atoms with Crippen molar-refractivity contribution in [3.05, 3.63) is 30.2 Å². The lowest BCUT2D eigenvalue weighted by Crippen LogP contribution is -2.34. The predicted molar refractivity (Wildman–Crippen MR) is 109 cm³/mol. The maximum absolute atomic E-state index is 12.7. The number of alkyl halides is 2. The molecule has 1 saturated carbocycles. The van der Waals surface area contributed by atoms with Gasteiger partial charge in [-0.15, -0.1) is 0 Å². The quantitative estimate of drug-likeness (QED) is 0.661. The Hall–Kier alpha value is -2.06. The number of benzene rings is 1. The first kappa shape index (κ1) is 21.2. The fourth-order valence-electron chi connectivity index (χ4n) is 4.57. The Labute approximate surface area is 176 Å². The van der Waals surface area contributed by atoms with Crippen LogP contribution in [-0.2, 0) is 6.54 Å². The van der Waals surface area contributed by atoms with Gasteiger partial charge in [-0.05, 0) is 50.4 Å². The topological polar surface area (TPSA) is 54.6 Å². The van der Waals surface area contributed by atoms with E-state index in [1.165, 1.54) is 44.7 Å². The van der Waals surface area contributed by atoms with Crippen LogP contribution in [0, 0.1) is 5.92 Å². The van der Waals surface area contributed by atoms with Crippen LogP contribution in [-0.4, -0.2) is 59.3 Å². The Balaban J connectivity index is 1.33. The Kier molecular flexibility index (Phi) is 7.28. The number of hydrogen-bond donors (Lipinski definition) is 0. The van der Waals surface area contributed by atoms with Gasteiger partial charge in [-0.3, -0.25) is 4.90 Å². The highest BCUT2D eigenvalue weighted by molar-refractivity contribution is 5.63. The van der Waals surface area contributed by atoms with Crippen LogP contribution in [0.4, 0.5) is 8.78 Å². The first-order chi connectivity index (χ1) is 14.7. The largest absolute Gasteiger partial charge is 0.434 e. The van der Waals surface area contributed by atoms with E-state index in [2.05, 4.69) is 24.7 Å². The summed E-state index contributed by atoms with van der Waals surface area (Å²) in [5, 5.41) is 3.99. The predicted octanol–water partition coefficient (Wildman–Crippen LogP) is 4.43. The van der Waals surface area contributed by atoms with Gasteiger partial charge in [0.15, 0.2) is 0 Å². The molecule has 0 radical (unpaired) electrons. The lowest BCUT2D eigenvalue weighted by molar-refractivity contribution is -0.0494. The van der Waals surface area contributed by atoms with Crippen molar-refractivity contribution in [2.75, 3.05) is 32.7 Å². The summed E-state index contributed by atoms with van der Waals surface area (Å²) in [5.41, 5.74) is 0.405. The van der Waals surface area contributed by atoms with Crippen molar-refractivity contribution in [2.45, 2.75) is 51.7 Å². The summed E-state index contributed by atoms with van der Waals surface area (Å²) in [6.07, 6.45) is 8.04. The normalized spacial score (nSPS) is 19.8. The standard InChI is InChI=1S/C22H30F2N4O2/c23-22(24)29-19-10-5-4-9-18(19)21-25-20(30-26-21)16-28-12-6-11-27(13-14-28)15-17-7-2-1-3-8-17/h4-5,9-10,17,22H,1-3,6-8,11-16H2. The lowest BCUT2D eigenvalue weighted by Gasteiger charge is -2.28. The van der Waals surface area contributed by atoms with Crippen molar-refractivity contribution in [3.63, 3.8) is 0 Å². The van der Waals surface area contributed by atoms with Crippen molar-refractivity contribution < 1.29 is 18.0 Å². The number of ether oxygens (including phenoxy) is 1. The van der Waals surface area contributed by atoms with E-state index in [1.54, 1.807) is 18.2 Å². The number of para-hydroxylation sites is 1. The summed E-state index contributed by atoms with van der Waals surface area (Å²) in [5.74, 6) is 1.68. The fraction of sp³-hybridized carbons (Fsp3) is 0.636. The van der Waals surface area contributed by atoms with Crippen LogP contribution in [0.3, 0.4) is 0 Å². The van der Waals surface area contributed by atoms with Crippen molar-refractivity contribution in [1.29, 1.82) is 0 Å². The molecular weight excluding hydrogens is 390 g/mol. The second kappa shape index (κ2) is 10.3. The molecule has 1 aliphatic heterocycles. The lowest BCUT2D eigenvalue weighted by atomic mass is 9.89. The van der Waals surface area contributed by atoms with E-state index in [-0.39, 0.29) is 11.6 Å². The third-order valence-electron chi connectivity index (χ3n) is 6.09. The minimum absolute atomic E-state index is 0.0491. The molecule has 6 nitrogen and oxygen atoms in total. The molecule has 1 saturated heterocycles. The molecule has 0 unspecified atom stereocenters. The van der Waals surface area contributed by atoms with E-state index < -0.39 is 6.61 Å². The van der Waals surface area contributed by atoms with Gasteiger partial charge in [0.1, 0.15) is 5.75 Å². The van der Waals surface area contributed by atoms with Gasteiger partial charge in [0.25, 0.3) is 0 Å². The van der Waals surface area contributed by atoms with Crippen molar-refractivity contribution in [1.82, 2.24) is 19.9 Å². The molecule has 2 heterocycles. The maximum atomic E-state index is 12.7. The van der Waals surface area contributed by atoms with Gasteiger partial charge >= 0.3 is 6.61 Å². The number of rotatable bonds is 7. The molecule has 0 N–H and O–H groups in total. The monoisotopic (exact) mass is 420 g/mol. The molecule has 1 aromatic carbocycles. The first-order valence-corrected chi connectivity index (χ1v) is 11.0. The average molecular weight is 421 g/mol. The summed E-state index contributed by atoms with van der Waals surface area (Å²) < 4.78 is 35.3. The van der Waals surface area contributed by atoms with Crippen LogP contribution in [0.5, 0.6) is 5.75 Å². The third-order valence-corrected chi connectivity index (χ3v) is 6.09. The maximum Gasteiger partial charge on any atom is 0.387 e. The minimum atomic E-state index is -2.90. The molecule has 8 heteroatoms. The van der Waals surface area contributed by atoms with E-state index in [1.807, 2.05) is 0 Å². The second-order valence-corrected chi connectivity index (χ2v) is 8.32. The van der Waals surface area contributed by atoms with Gasteiger partial charge < -0.3 is 14.2 Å². The van der Waals surface area contributed by atoms with Crippen LogP contribution >= 0.6 is 0 Å². The summed E-state index contributed by atoms with van der Waals surface area (Å²) in [6, 6.07) is 6.51. The zero-order valence-corrected chi connectivity index (χ0v) is 17.3. The molecule has 0 amide bonds. The van der Waals surface area contributed by atoms with E-state index in [4.69, 9.17) is 4.52 Å². The molecule has 0 atom stereocenters. The second-order valence-electron chi connectivity index (χ2n) is 8.32. The minimum Gasteiger partial charge on any atom is -0.434 e. The molecule has 2 fully saturated rings. The van der Waals surface area contributed by atoms with Gasteiger partial charge in [-0.2, -0.15) is 13.8 Å². The van der Waals surface area contributed by atoms with Crippen molar-refractivity contribution in [2.24, 2.45) is 5.92 Å². The Morgan fingerprint density at radius 3 is 2.60 bits per heavy atom. The number of nitrogens with zero attached hydrogens (tertiary/aromatic N) is 4. The van der Waals surface area contributed by atoms with Gasteiger partial charge in [-0.1, -0.05) is 36.6 Å².